The monoisotopic (exact) mass is 508 g/mol. The van der Waals surface area contributed by atoms with E-state index in [0.29, 0.717) is 50.0 Å². The van der Waals surface area contributed by atoms with Gasteiger partial charge in [-0.3, -0.25) is 9.36 Å². The summed E-state index contributed by atoms with van der Waals surface area (Å²) in [4.78, 5) is 32.0. The summed E-state index contributed by atoms with van der Waals surface area (Å²) in [6, 6.07) is 12.1. The maximum absolute atomic E-state index is 13.8. The van der Waals surface area contributed by atoms with E-state index in [1.54, 1.807) is 50.8 Å². The van der Waals surface area contributed by atoms with E-state index in [4.69, 9.17) is 18.9 Å². The van der Waals surface area contributed by atoms with Crippen LogP contribution in [-0.2, 0) is 9.53 Å². The zero-order valence-electron chi connectivity index (χ0n) is 20.9. The van der Waals surface area contributed by atoms with Gasteiger partial charge in [-0.15, -0.1) is 0 Å². The molecule has 1 aromatic heterocycles. The fraction of sp³-hybridized carbons (Fsp3) is 0.296. The molecule has 0 fully saturated rings. The number of ether oxygens (including phenoxy) is 4. The summed E-state index contributed by atoms with van der Waals surface area (Å²) >= 11 is 1.26. The lowest BCUT2D eigenvalue weighted by molar-refractivity contribution is -0.139. The van der Waals surface area contributed by atoms with Gasteiger partial charge in [-0.2, -0.15) is 0 Å². The zero-order valence-corrected chi connectivity index (χ0v) is 21.7. The average molecular weight is 509 g/mol. The van der Waals surface area contributed by atoms with Crippen LogP contribution in [0.1, 0.15) is 37.9 Å². The van der Waals surface area contributed by atoms with E-state index < -0.39 is 12.0 Å². The van der Waals surface area contributed by atoms with Crippen LogP contribution in [0.2, 0.25) is 0 Å². The van der Waals surface area contributed by atoms with Crippen molar-refractivity contribution in [2.24, 2.45) is 4.99 Å². The number of nitrogens with zero attached hydrogens (tertiary/aromatic N) is 2. The number of esters is 1. The van der Waals surface area contributed by atoms with Crippen molar-refractivity contribution in [2.45, 2.75) is 26.8 Å². The number of carbonyl (C=O) groups is 1. The van der Waals surface area contributed by atoms with Crippen LogP contribution in [0.5, 0.6) is 17.2 Å². The molecule has 3 aromatic rings. The Balaban J connectivity index is 1.98. The van der Waals surface area contributed by atoms with Gasteiger partial charge in [-0.1, -0.05) is 35.6 Å². The Morgan fingerprint density at radius 3 is 2.50 bits per heavy atom. The number of carbonyl (C=O) groups excluding carboxylic acids is 1. The molecule has 0 aliphatic carbocycles. The summed E-state index contributed by atoms with van der Waals surface area (Å²) in [7, 11) is 3.15. The second kappa shape index (κ2) is 10.8. The van der Waals surface area contributed by atoms with Crippen LogP contribution < -0.4 is 29.1 Å². The number of aromatic nitrogens is 1. The molecule has 2 aromatic carbocycles. The maximum Gasteiger partial charge on any atom is 0.338 e. The van der Waals surface area contributed by atoms with Crippen molar-refractivity contribution in [3.8, 4) is 17.2 Å². The lowest BCUT2D eigenvalue weighted by Gasteiger charge is -2.25. The largest absolute Gasteiger partial charge is 0.496 e. The fourth-order valence-electron chi connectivity index (χ4n) is 4.17. The number of methoxy groups -OCH3 is 2. The normalized spacial score (nSPS) is 15.2. The summed E-state index contributed by atoms with van der Waals surface area (Å²) < 4.78 is 24.0. The molecule has 0 saturated heterocycles. The number of rotatable bonds is 8. The number of hydrogen-bond acceptors (Lipinski definition) is 8. The van der Waals surface area contributed by atoms with Gasteiger partial charge in [-0.05, 0) is 50.6 Å². The zero-order chi connectivity index (χ0) is 25.8. The Morgan fingerprint density at radius 1 is 1.06 bits per heavy atom. The predicted octanol–water partition coefficient (Wildman–Crippen LogP) is 3.21. The van der Waals surface area contributed by atoms with Crippen molar-refractivity contribution >= 4 is 23.4 Å². The topological polar surface area (TPSA) is 88.4 Å². The second-order valence-corrected chi connectivity index (χ2v) is 8.90. The number of fused-ring (bicyclic) bond motifs is 1. The van der Waals surface area contributed by atoms with Gasteiger partial charge >= 0.3 is 5.97 Å². The molecule has 0 spiro atoms. The molecule has 188 valence electrons. The Hall–Kier alpha value is -3.85. The molecule has 1 atom stereocenters. The molecule has 8 nitrogen and oxygen atoms in total. The molecule has 0 amide bonds. The number of allylic oxidation sites excluding steroid dienone is 1. The summed E-state index contributed by atoms with van der Waals surface area (Å²) in [5.41, 5.74) is 1.99. The Bertz CT molecular complexity index is 1500. The van der Waals surface area contributed by atoms with Crippen molar-refractivity contribution in [2.75, 3.05) is 27.4 Å². The van der Waals surface area contributed by atoms with Crippen LogP contribution in [0.15, 0.2) is 63.5 Å². The van der Waals surface area contributed by atoms with Crippen LogP contribution in [0.25, 0.3) is 6.08 Å². The molecule has 0 N–H and O–H groups in total. The molecule has 2 heterocycles. The third-order valence-electron chi connectivity index (χ3n) is 5.75. The molecule has 0 bridgehead atoms. The van der Waals surface area contributed by atoms with Crippen LogP contribution in [-0.4, -0.2) is 38.0 Å². The molecule has 0 radical (unpaired) electrons. The van der Waals surface area contributed by atoms with E-state index in [2.05, 4.69) is 4.99 Å². The standard InChI is InChI=1S/C27H28N2O6S/c1-6-34-21-14-18(12-13-20(21)33-5)24-23(26(31)35-7-2)16(3)28-27-29(24)25(30)22(36-27)15-17-10-8-9-11-19(17)32-4/h8-15,24H,6-7H2,1-5H3/t24-/m0/s1. The fourth-order valence-corrected chi connectivity index (χ4v) is 5.20. The molecular weight excluding hydrogens is 480 g/mol. The Morgan fingerprint density at radius 2 is 1.81 bits per heavy atom. The van der Waals surface area contributed by atoms with E-state index >= 15 is 0 Å². The molecule has 1 aliphatic heterocycles. The van der Waals surface area contributed by atoms with E-state index in [-0.39, 0.29) is 12.2 Å². The van der Waals surface area contributed by atoms with Gasteiger partial charge in [0.05, 0.1) is 49.3 Å². The van der Waals surface area contributed by atoms with Crippen LogP contribution >= 0.6 is 11.3 Å². The maximum atomic E-state index is 13.8. The van der Waals surface area contributed by atoms with Gasteiger partial charge in [0.1, 0.15) is 5.75 Å². The van der Waals surface area contributed by atoms with E-state index in [0.717, 1.165) is 5.56 Å². The number of thiazole rings is 1. The highest BCUT2D eigenvalue weighted by atomic mass is 32.1. The molecule has 36 heavy (non-hydrogen) atoms. The average Bonchev–Trinajstić information content (AvgIpc) is 3.18. The molecule has 4 rings (SSSR count). The smallest absolute Gasteiger partial charge is 0.338 e. The highest BCUT2D eigenvalue weighted by molar-refractivity contribution is 7.07. The van der Waals surface area contributed by atoms with Gasteiger partial charge in [0.25, 0.3) is 5.56 Å². The summed E-state index contributed by atoms with van der Waals surface area (Å²) in [5.74, 6) is 1.21. The third kappa shape index (κ3) is 4.66. The minimum Gasteiger partial charge on any atom is -0.496 e. The number of benzene rings is 2. The van der Waals surface area contributed by atoms with Crippen molar-refractivity contribution in [3.63, 3.8) is 0 Å². The van der Waals surface area contributed by atoms with E-state index in [1.807, 2.05) is 37.3 Å². The van der Waals surface area contributed by atoms with Crippen LogP contribution in [0.3, 0.4) is 0 Å². The SMILES string of the molecule is CCOC(=O)C1=C(C)N=c2sc(=Cc3ccccc3OC)c(=O)n2[C@H]1c1ccc(OC)c(OCC)c1. The Labute approximate surface area is 212 Å². The van der Waals surface area contributed by atoms with Gasteiger partial charge in [0.15, 0.2) is 16.3 Å². The van der Waals surface area contributed by atoms with Gasteiger partial charge in [0, 0.05) is 5.56 Å². The van der Waals surface area contributed by atoms with E-state index in [9.17, 15) is 9.59 Å². The van der Waals surface area contributed by atoms with Gasteiger partial charge < -0.3 is 18.9 Å². The number of para-hydroxylation sites is 1. The number of hydrogen-bond donors (Lipinski definition) is 0. The molecular formula is C27H28N2O6S. The molecule has 1 aliphatic rings. The lowest BCUT2D eigenvalue weighted by atomic mass is 9.95. The first-order valence-electron chi connectivity index (χ1n) is 11.6. The highest BCUT2D eigenvalue weighted by Gasteiger charge is 2.34. The minimum atomic E-state index is -0.745. The quantitative estimate of drug-likeness (QED) is 0.434. The first kappa shape index (κ1) is 25.2. The summed E-state index contributed by atoms with van der Waals surface area (Å²) in [6.45, 7) is 6.00. The Kier molecular flexibility index (Phi) is 7.59. The van der Waals surface area contributed by atoms with Gasteiger partial charge in [-0.25, -0.2) is 9.79 Å². The predicted molar refractivity (Wildman–Crippen MR) is 138 cm³/mol. The highest BCUT2D eigenvalue weighted by Crippen LogP contribution is 2.36. The second-order valence-electron chi connectivity index (χ2n) is 7.89. The lowest BCUT2D eigenvalue weighted by Crippen LogP contribution is -2.40. The first-order valence-corrected chi connectivity index (χ1v) is 12.4. The summed E-state index contributed by atoms with van der Waals surface area (Å²) in [5, 5.41) is 0. The van der Waals surface area contributed by atoms with Crippen molar-refractivity contribution in [1.82, 2.24) is 4.57 Å². The molecule has 0 saturated carbocycles. The van der Waals surface area contributed by atoms with Crippen molar-refractivity contribution in [1.29, 1.82) is 0 Å². The third-order valence-corrected chi connectivity index (χ3v) is 6.73. The van der Waals surface area contributed by atoms with Crippen molar-refractivity contribution < 1.29 is 23.7 Å². The van der Waals surface area contributed by atoms with Crippen LogP contribution in [0.4, 0.5) is 0 Å². The van der Waals surface area contributed by atoms with Gasteiger partial charge in [0.2, 0.25) is 0 Å². The first-order chi connectivity index (χ1) is 17.4. The minimum absolute atomic E-state index is 0.202. The summed E-state index contributed by atoms with van der Waals surface area (Å²) in [6.07, 6.45) is 1.78. The molecule has 0 unspecified atom stereocenters. The molecule has 9 heteroatoms. The van der Waals surface area contributed by atoms with E-state index in [1.165, 1.54) is 11.3 Å². The van der Waals surface area contributed by atoms with Crippen molar-refractivity contribution in [3.05, 3.63) is 84.5 Å². The van der Waals surface area contributed by atoms with Crippen LogP contribution in [0, 0.1) is 0 Å².